The molecule has 1 aliphatic rings. The Kier molecular flexibility index (Phi) is 5.51. The Hall–Kier alpha value is -1.46. The molecule has 0 bridgehead atoms. The van der Waals surface area contributed by atoms with Crippen LogP contribution >= 0.6 is 23.2 Å². The monoisotopic (exact) mass is 368 g/mol. The molecule has 2 atom stereocenters. The van der Waals surface area contributed by atoms with Gasteiger partial charge in [-0.2, -0.15) is 0 Å². The maximum Gasteiger partial charge on any atom is 0.263 e. The average Bonchev–Trinajstić information content (AvgIpc) is 2.56. The van der Waals surface area contributed by atoms with Crippen molar-refractivity contribution in [1.82, 2.24) is 0 Å². The molecular formula is C18H18Cl2O4. The summed E-state index contributed by atoms with van der Waals surface area (Å²) in [6, 6.07) is 10.9. The summed E-state index contributed by atoms with van der Waals surface area (Å²) in [7, 11) is 0. The van der Waals surface area contributed by atoms with Crippen LogP contribution in [0.15, 0.2) is 36.4 Å². The second-order valence-corrected chi connectivity index (χ2v) is 6.35. The molecule has 0 N–H and O–H groups in total. The van der Waals surface area contributed by atoms with Gasteiger partial charge < -0.3 is 18.9 Å². The molecule has 4 nitrogen and oxygen atoms in total. The van der Waals surface area contributed by atoms with Crippen molar-refractivity contribution in [3.63, 3.8) is 0 Å². The zero-order chi connectivity index (χ0) is 17.1. The number of aryl methyl sites for hydroxylation is 2. The first-order chi connectivity index (χ1) is 11.5. The van der Waals surface area contributed by atoms with Crippen LogP contribution in [0.2, 0.25) is 10.0 Å². The molecular weight excluding hydrogens is 351 g/mol. The third-order valence-electron chi connectivity index (χ3n) is 3.63. The molecule has 1 saturated heterocycles. The minimum Gasteiger partial charge on any atom is -0.458 e. The van der Waals surface area contributed by atoms with E-state index in [-0.39, 0.29) is 0 Å². The summed E-state index contributed by atoms with van der Waals surface area (Å²) >= 11 is 12.1. The van der Waals surface area contributed by atoms with E-state index >= 15 is 0 Å². The average molecular weight is 369 g/mol. The molecule has 1 fully saturated rings. The third kappa shape index (κ3) is 4.14. The Morgan fingerprint density at radius 1 is 0.792 bits per heavy atom. The number of benzene rings is 2. The lowest BCUT2D eigenvalue weighted by atomic mass is 10.2. The molecule has 3 rings (SSSR count). The maximum absolute atomic E-state index is 6.04. The number of ether oxygens (including phenoxy) is 4. The predicted molar refractivity (Wildman–Crippen MR) is 93.1 cm³/mol. The lowest BCUT2D eigenvalue weighted by molar-refractivity contribution is -0.271. The Morgan fingerprint density at radius 3 is 1.58 bits per heavy atom. The molecule has 2 aromatic rings. The summed E-state index contributed by atoms with van der Waals surface area (Å²) < 4.78 is 23.1. The van der Waals surface area contributed by atoms with Gasteiger partial charge in [-0.15, -0.1) is 0 Å². The highest BCUT2D eigenvalue weighted by Crippen LogP contribution is 2.26. The Morgan fingerprint density at radius 2 is 1.21 bits per heavy atom. The fourth-order valence-electron chi connectivity index (χ4n) is 2.31. The summed E-state index contributed by atoms with van der Waals surface area (Å²) in [5.74, 6) is 1.29. The second-order valence-electron chi connectivity index (χ2n) is 5.54. The van der Waals surface area contributed by atoms with E-state index in [1.807, 2.05) is 26.0 Å². The van der Waals surface area contributed by atoms with E-state index in [9.17, 15) is 0 Å². The maximum atomic E-state index is 6.04. The molecule has 2 unspecified atom stereocenters. The van der Waals surface area contributed by atoms with Crippen molar-refractivity contribution in [2.45, 2.75) is 26.4 Å². The van der Waals surface area contributed by atoms with Crippen molar-refractivity contribution in [3.05, 3.63) is 57.6 Å². The standard InChI is InChI=1S/C18H18Cl2O4/c1-11-9-13(3-5-15(11)19)23-17-18(22-8-7-21-17)24-14-4-6-16(20)12(2)10-14/h3-6,9-10,17-18H,7-8H2,1-2H3. The van der Waals surface area contributed by atoms with E-state index < -0.39 is 12.6 Å². The lowest BCUT2D eigenvalue weighted by Crippen LogP contribution is -2.45. The van der Waals surface area contributed by atoms with E-state index in [1.54, 1.807) is 24.3 Å². The van der Waals surface area contributed by atoms with Crippen LogP contribution in [0.1, 0.15) is 11.1 Å². The highest BCUT2D eigenvalue weighted by atomic mass is 35.5. The highest BCUT2D eigenvalue weighted by molar-refractivity contribution is 6.31. The van der Waals surface area contributed by atoms with Crippen LogP contribution in [0.4, 0.5) is 0 Å². The molecule has 0 radical (unpaired) electrons. The van der Waals surface area contributed by atoms with E-state index in [4.69, 9.17) is 42.1 Å². The summed E-state index contributed by atoms with van der Waals surface area (Å²) in [6.07, 6.45) is -1.34. The molecule has 2 aromatic carbocycles. The topological polar surface area (TPSA) is 36.9 Å². The quantitative estimate of drug-likeness (QED) is 0.778. The minimum atomic E-state index is -0.671. The van der Waals surface area contributed by atoms with Gasteiger partial charge in [0.1, 0.15) is 11.5 Å². The summed E-state index contributed by atoms with van der Waals surface area (Å²) in [6.45, 7) is 4.71. The Labute approximate surface area is 151 Å². The van der Waals surface area contributed by atoms with Crippen molar-refractivity contribution < 1.29 is 18.9 Å². The first kappa shape index (κ1) is 17.4. The molecule has 24 heavy (non-hydrogen) atoms. The van der Waals surface area contributed by atoms with Crippen molar-refractivity contribution in [3.8, 4) is 11.5 Å². The summed E-state index contributed by atoms with van der Waals surface area (Å²) in [5, 5.41) is 1.38. The molecule has 0 aromatic heterocycles. The van der Waals surface area contributed by atoms with Gasteiger partial charge in [0.15, 0.2) is 0 Å². The van der Waals surface area contributed by atoms with Crippen LogP contribution in [0, 0.1) is 13.8 Å². The molecule has 0 spiro atoms. The number of hydrogen-bond acceptors (Lipinski definition) is 4. The minimum absolute atomic E-state index is 0.441. The normalized spacial score (nSPS) is 20.7. The molecule has 0 aliphatic carbocycles. The van der Waals surface area contributed by atoms with Gasteiger partial charge in [-0.3, -0.25) is 0 Å². The lowest BCUT2D eigenvalue weighted by Gasteiger charge is -2.32. The van der Waals surface area contributed by atoms with Crippen molar-refractivity contribution in [1.29, 1.82) is 0 Å². The number of rotatable bonds is 4. The Balaban J connectivity index is 1.72. The molecule has 0 saturated carbocycles. The van der Waals surface area contributed by atoms with Crippen LogP contribution in [-0.4, -0.2) is 25.8 Å². The van der Waals surface area contributed by atoms with Crippen LogP contribution in [-0.2, 0) is 9.47 Å². The zero-order valence-electron chi connectivity index (χ0n) is 13.4. The first-order valence-electron chi connectivity index (χ1n) is 7.62. The highest BCUT2D eigenvalue weighted by Gasteiger charge is 2.31. The van der Waals surface area contributed by atoms with Crippen LogP contribution in [0.3, 0.4) is 0 Å². The van der Waals surface area contributed by atoms with Gasteiger partial charge in [-0.25, -0.2) is 0 Å². The first-order valence-corrected chi connectivity index (χ1v) is 8.37. The van der Waals surface area contributed by atoms with Crippen molar-refractivity contribution in [2.24, 2.45) is 0 Å². The predicted octanol–water partition coefficient (Wildman–Crippen LogP) is 4.77. The zero-order valence-corrected chi connectivity index (χ0v) is 14.9. The molecule has 1 heterocycles. The van der Waals surface area contributed by atoms with Gasteiger partial charge in [0.05, 0.1) is 13.2 Å². The van der Waals surface area contributed by atoms with Gasteiger partial charge in [0.2, 0.25) is 0 Å². The van der Waals surface area contributed by atoms with Crippen LogP contribution in [0.5, 0.6) is 11.5 Å². The van der Waals surface area contributed by atoms with E-state index in [2.05, 4.69) is 0 Å². The van der Waals surface area contributed by atoms with Gasteiger partial charge in [-0.05, 0) is 61.4 Å². The van der Waals surface area contributed by atoms with Crippen molar-refractivity contribution in [2.75, 3.05) is 13.2 Å². The van der Waals surface area contributed by atoms with Gasteiger partial charge >= 0.3 is 0 Å². The molecule has 6 heteroatoms. The second kappa shape index (κ2) is 7.62. The number of halogens is 2. The van der Waals surface area contributed by atoms with E-state index in [1.165, 1.54) is 0 Å². The molecule has 128 valence electrons. The molecule has 0 amide bonds. The van der Waals surface area contributed by atoms with E-state index in [0.29, 0.717) is 34.8 Å². The van der Waals surface area contributed by atoms with Gasteiger partial charge in [0, 0.05) is 10.0 Å². The smallest absolute Gasteiger partial charge is 0.263 e. The molecule has 1 aliphatic heterocycles. The van der Waals surface area contributed by atoms with Gasteiger partial charge in [-0.1, -0.05) is 23.2 Å². The van der Waals surface area contributed by atoms with E-state index in [0.717, 1.165) is 11.1 Å². The largest absolute Gasteiger partial charge is 0.458 e. The fourth-order valence-corrected chi connectivity index (χ4v) is 2.55. The van der Waals surface area contributed by atoms with Crippen LogP contribution < -0.4 is 9.47 Å². The third-order valence-corrected chi connectivity index (χ3v) is 4.48. The SMILES string of the molecule is Cc1cc(OC2OCCOC2Oc2ccc(Cl)c(C)c2)ccc1Cl. The Bertz CT molecular complexity index is 659. The number of hydrogen-bond donors (Lipinski definition) is 0. The summed E-state index contributed by atoms with van der Waals surface area (Å²) in [4.78, 5) is 0. The van der Waals surface area contributed by atoms with Gasteiger partial charge in [0.25, 0.3) is 12.6 Å². The fraction of sp³-hybridized carbons (Fsp3) is 0.333. The summed E-state index contributed by atoms with van der Waals surface area (Å²) in [5.41, 5.74) is 1.85. The van der Waals surface area contributed by atoms with Crippen molar-refractivity contribution >= 4 is 23.2 Å². The van der Waals surface area contributed by atoms with Crippen LogP contribution in [0.25, 0.3) is 0 Å².